The van der Waals surface area contributed by atoms with Crippen LogP contribution in [0.1, 0.15) is 67.8 Å². The monoisotopic (exact) mass is 260 g/mol. The molecule has 1 aromatic rings. The summed E-state index contributed by atoms with van der Waals surface area (Å²) in [7, 11) is 0. The Morgan fingerprint density at radius 2 is 2.00 bits per heavy atom. The van der Waals surface area contributed by atoms with Gasteiger partial charge >= 0.3 is 0 Å². The van der Waals surface area contributed by atoms with E-state index in [9.17, 15) is 9.90 Å². The summed E-state index contributed by atoms with van der Waals surface area (Å²) < 4.78 is 0. The van der Waals surface area contributed by atoms with Gasteiger partial charge in [-0.2, -0.15) is 0 Å². The average molecular weight is 260 g/mol. The van der Waals surface area contributed by atoms with E-state index in [1.807, 2.05) is 32.0 Å². The zero-order valence-corrected chi connectivity index (χ0v) is 11.9. The lowest BCUT2D eigenvalue weighted by molar-refractivity contribution is 0.0588. The molecule has 104 valence electrons. The smallest absolute Gasteiger partial charge is 0.191 e. The maximum absolute atomic E-state index is 12.3. The van der Waals surface area contributed by atoms with Gasteiger partial charge < -0.3 is 5.11 Å². The van der Waals surface area contributed by atoms with E-state index in [-0.39, 0.29) is 11.7 Å². The lowest BCUT2D eigenvalue weighted by Crippen LogP contribution is -2.29. The predicted molar refractivity (Wildman–Crippen MR) is 77.4 cm³/mol. The van der Waals surface area contributed by atoms with Crippen LogP contribution in [0.5, 0.6) is 0 Å². The van der Waals surface area contributed by atoms with Gasteiger partial charge in [0.1, 0.15) is 6.10 Å². The molecule has 0 radical (unpaired) electrons. The van der Waals surface area contributed by atoms with Crippen molar-refractivity contribution in [3.05, 3.63) is 35.4 Å². The standard InChI is InChI=1S/C17H24O2/c1-3-12(4-2)16(18)17(19)15-10-6-9-14(11-15)13-7-5-8-13/h6,9-13,16,18H,3-5,7-8H2,1-2H3. The van der Waals surface area contributed by atoms with Crippen LogP contribution in [0, 0.1) is 5.92 Å². The highest BCUT2D eigenvalue weighted by molar-refractivity contribution is 5.99. The molecule has 2 nitrogen and oxygen atoms in total. The van der Waals surface area contributed by atoms with Crippen molar-refractivity contribution in [1.29, 1.82) is 0 Å². The fourth-order valence-corrected chi connectivity index (χ4v) is 2.81. The molecular weight excluding hydrogens is 236 g/mol. The number of ketones is 1. The Labute approximate surface area is 115 Å². The van der Waals surface area contributed by atoms with Crippen LogP contribution in [0.15, 0.2) is 24.3 Å². The van der Waals surface area contributed by atoms with Gasteiger partial charge in [0.25, 0.3) is 0 Å². The van der Waals surface area contributed by atoms with Crippen molar-refractivity contribution < 1.29 is 9.90 Å². The van der Waals surface area contributed by atoms with Crippen LogP contribution >= 0.6 is 0 Å². The Bertz CT molecular complexity index is 431. The van der Waals surface area contributed by atoms with Crippen LogP contribution in [0.2, 0.25) is 0 Å². The largest absolute Gasteiger partial charge is 0.385 e. The van der Waals surface area contributed by atoms with Gasteiger partial charge in [0.2, 0.25) is 0 Å². The van der Waals surface area contributed by atoms with Crippen LogP contribution in [0.4, 0.5) is 0 Å². The molecule has 1 unspecified atom stereocenters. The van der Waals surface area contributed by atoms with Crippen molar-refractivity contribution in [2.45, 2.75) is 58.0 Å². The molecule has 2 heteroatoms. The van der Waals surface area contributed by atoms with Gasteiger partial charge in [0.15, 0.2) is 5.78 Å². The molecule has 0 amide bonds. The molecule has 1 aliphatic rings. The number of rotatable bonds is 6. The topological polar surface area (TPSA) is 37.3 Å². The van der Waals surface area contributed by atoms with Crippen LogP contribution in [-0.4, -0.2) is 17.0 Å². The van der Waals surface area contributed by atoms with E-state index in [1.54, 1.807) is 0 Å². The first-order chi connectivity index (χ1) is 9.17. The molecule has 0 aliphatic heterocycles. The van der Waals surface area contributed by atoms with Gasteiger partial charge in [0.05, 0.1) is 0 Å². The summed E-state index contributed by atoms with van der Waals surface area (Å²) in [6.07, 6.45) is 4.57. The number of hydrogen-bond acceptors (Lipinski definition) is 2. The third kappa shape index (κ3) is 3.06. The van der Waals surface area contributed by atoms with E-state index in [0.717, 1.165) is 12.8 Å². The summed E-state index contributed by atoms with van der Waals surface area (Å²) in [5.41, 5.74) is 1.93. The summed E-state index contributed by atoms with van der Waals surface area (Å²) in [5.74, 6) is 0.577. The molecular formula is C17H24O2. The Hall–Kier alpha value is -1.15. The summed E-state index contributed by atoms with van der Waals surface area (Å²) in [4.78, 5) is 12.3. The number of aliphatic hydroxyl groups is 1. The Morgan fingerprint density at radius 1 is 1.32 bits per heavy atom. The van der Waals surface area contributed by atoms with E-state index in [1.165, 1.54) is 24.8 Å². The molecule has 2 rings (SSSR count). The summed E-state index contributed by atoms with van der Waals surface area (Å²) >= 11 is 0. The minimum absolute atomic E-state index is 0.0693. The second kappa shape index (κ2) is 6.33. The number of carbonyl (C=O) groups excluding carboxylic acids is 1. The minimum atomic E-state index is -0.855. The summed E-state index contributed by atoms with van der Waals surface area (Å²) in [5, 5.41) is 10.2. The van der Waals surface area contributed by atoms with Gasteiger partial charge in [-0.1, -0.05) is 51.3 Å². The van der Waals surface area contributed by atoms with Crippen molar-refractivity contribution in [2.24, 2.45) is 5.92 Å². The van der Waals surface area contributed by atoms with Gasteiger partial charge in [-0.25, -0.2) is 0 Å². The molecule has 1 aromatic carbocycles. The first-order valence-electron chi connectivity index (χ1n) is 7.49. The molecule has 1 N–H and O–H groups in total. The molecule has 0 aromatic heterocycles. The second-order valence-corrected chi connectivity index (χ2v) is 5.64. The molecule has 1 aliphatic carbocycles. The lowest BCUT2D eigenvalue weighted by Gasteiger charge is -2.26. The first kappa shape index (κ1) is 14.3. The van der Waals surface area contributed by atoms with E-state index in [2.05, 4.69) is 6.07 Å². The highest BCUT2D eigenvalue weighted by atomic mass is 16.3. The van der Waals surface area contributed by atoms with Crippen molar-refractivity contribution in [1.82, 2.24) is 0 Å². The quantitative estimate of drug-likeness (QED) is 0.787. The van der Waals surface area contributed by atoms with E-state index >= 15 is 0 Å². The zero-order valence-electron chi connectivity index (χ0n) is 11.9. The SMILES string of the molecule is CCC(CC)C(O)C(=O)c1cccc(C2CCC2)c1. The molecule has 19 heavy (non-hydrogen) atoms. The van der Waals surface area contributed by atoms with Crippen LogP contribution in [0.3, 0.4) is 0 Å². The van der Waals surface area contributed by atoms with Crippen molar-refractivity contribution in [2.75, 3.05) is 0 Å². The Morgan fingerprint density at radius 3 is 2.53 bits per heavy atom. The maximum Gasteiger partial charge on any atom is 0.191 e. The second-order valence-electron chi connectivity index (χ2n) is 5.64. The zero-order chi connectivity index (χ0) is 13.8. The molecule has 1 fully saturated rings. The van der Waals surface area contributed by atoms with Crippen LogP contribution < -0.4 is 0 Å². The minimum Gasteiger partial charge on any atom is -0.385 e. The van der Waals surface area contributed by atoms with Crippen LogP contribution in [-0.2, 0) is 0 Å². The Kier molecular flexibility index (Phi) is 4.76. The van der Waals surface area contributed by atoms with E-state index < -0.39 is 6.10 Å². The maximum atomic E-state index is 12.3. The van der Waals surface area contributed by atoms with Crippen molar-refractivity contribution >= 4 is 5.78 Å². The van der Waals surface area contributed by atoms with Crippen molar-refractivity contribution in [3.8, 4) is 0 Å². The average Bonchev–Trinajstić information content (AvgIpc) is 2.37. The lowest BCUT2D eigenvalue weighted by atomic mass is 9.79. The number of hydrogen-bond donors (Lipinski definition) is 1. The van der Waals surface area contributed by atoms with Crippen molar-refractivity contribution in [3.63, 3.8) is 0 Å². The first-order valence-corrected chi connectivity index (χ1v) is 7.49. The molecule has 1 atom stereocenters. The predicted octanol–water partition coefficient (Wildman–Crippen LogP) is 3.93. The third-order valence-corrected chi connectivity index (χ3v) is 4.51. The van der Waals surface area contributed by atoms with Crippen LogP contribution in [0.25, 0.3) is 0 Å². The number of carbonyl (C=O) groups is 1. The molecule has 1 saturated carbocycles. The van der Waals surface area contributed by atoms with Gasteiger partial charge in [0, 0.05) is 5.56 Å². The van der Waals surface area contributed by atoms with E-state index in [0.29, 0.717) is 11.5 Å². The summed E-state index contributed by atoms with van der Waals surface area (Å²) in [6, 6.07) is 7.86. The fraction of sp³-hybridized carbons (Fsp3) is 0.588. The number of aliphatic hydroxyl groups excluding tert-OH is 1. The van der Waals surface area contributed by atoms with Gasteiger partial charge in [-0.3, -0.25) is 4.79 Å². The molecule has 0 spiro atoms. The summed E-state index contributed by atoms with van der Waals surface area (Å²) in [6.45, 7) is 4.05. The third-order valence-electron chi connectivity index (χ3n) is 4.51. The highest BCUT2D eigenvalue weighted by Gasteiger charge is 2.26. The molecule has 0 saturated heterocycles. The van der Waals surface area contributed by atoms with E-state index in [4.69, 9.17) is 0 Å². The van der Waals surface area contributed by atoms with Gasteiger partial charge in [-0.15, -0.1) is 0 Å². The fourth-order valence-electron chi connectivity index (χ4n) is 2.81. The number of benzene rings is 1. The Balaban J connectivity index is 2.14. The normalized spacial score (nSPS) is 17.3. The van der Waals surface area contributed by atoms with Gasteiger partial charge in [-0.05, 0) is 36.3 Å². The molecule has 0 heterocycles. The highest BCUT2D eigenvalue weighted by Crippen LogP contribution is 2.36. The number of Topliss-reactive ketones (excluding diaryl/α,β-unsaturated/α-hetero) is 1. The molecule has 0 bridgehead atoms.